The zero-order valence-electron chi connectivity index (χ0n) is 18.6. The molecular weight excluding hydrogens is 376 g/mol. The molecule has 0 saturated heterocycles. The molecule has 1 N–H and O–H groups in total. The fourth-order valence-electron chi connectivity index (χ4n) is 4.15. The molecule has 30 heavy (non-hydrogen) atoms. The lowest BCUT2D eigenvalue weighted by molar-refractivity contribution is -0.136. The van der Waals surface area contributed by atoms with Crippen LogP contribution in [0.1, 0.15) is 52.9 Å². The second-order valence-corrected chi connectivity index (χ2v) is 9.45. The smallest absolute Gasteiger partial charge is 0.305 e. The van der Waals surface area contributed by atoms with E-state index in [-0.39, 0.29) is 6.42 Å². The number of hydrogen-bond acceptors (Lipinski definition) is 4. The van der Waals surface area contributed by atoms with Gasteiger partial charge in [-0.1, -0.05) is 20.8 Å². The van der Waals surface area contributed by atoms with E-state index in [1.807, 2.05) is 48.3 Å². The highest BCUT2D eigenvalue weighted by molar-refractivity contribution is 5.68. The maximum absolute atomic E-state index is 10.8. The molecule has 0 atom stereocenters. The van der Waals surface area contributed by atoms with Gasteiger partial charge in [0.2, 0.25) is 0 Å². The summed E-state index contributed by atoms with van der Waals surface area (Å²) in [5.41, 5.74) is 3.23. The topological polar surface area (TPSA) is 62.7 Å². The zero-order chi connectivity index (χ0) is 21.7. The van der Waals surface area contributed by atoms with Gasteiger partial charge >= 0.3 is 5.97 Å². The zero-order valence-corrected chi connectivity index (χ0v) is 18.6. The molecule has 5 nitrogen and oxygen atoms in total. The second kappa shape index (κ2) is 9.50. The van der Waals surface area contributed by atoms with Crippen LogP contribution in [0.5, 0.6) is 5.75 Å². The summed E-state index contributed by atoms with van der Waals surface area (Å²) in [6, 6.07) is 12.0. The Labute approximate surface area is 180 Å². The van der Waals surface area contributed by atoms with Gasteiger partial charge in [-0.05, 0) is 73.4 Å². The van der Waals surface area contributed by atoms with E-state index in [4.69, 9.17) is 9.84 Å². The molecule has 1 aliphatic carbocycles. The van der Waals surface area contributed by atoms with E-state index in [1.165, 1.54) is 12.8 Å². The number of rotatable bonds is 7. The highest BCUT2D eigenvalue weighted by Gasteiger charge is 2.30. The van der Waals surface area contributed by atoms with Crippen molar-refractivity contribution in [2.24, 2.45) is 11.3 Å². The Morgan fingerprint density at radius 2 is 1.80 bits per heavy atom. The van der Waals surface area contributed by atoms with Gasteiger partial charge in [-0.25, -0.2) is 0 Å². The van der Waals surface area contributed by atoms with Crippen molar-refractivity contribution in [1.82, 2.24) is 4.98 Å². The molecule has 1 aromatic heterocycles. The van der Waals surface area contributed by atoms with Crippen LogP contribution in [-0.2, 0) is 4.79 Å². The van der Waals surface area contributed by atoms with E-state index in [2.05, 4.69) is 25.8 Å². The summed E-state index contributed by atoms with van der Waals surface area (Å²) in [6.07, 6.45) is 6.89. The van der Waals surface area contributed by atoms with Crippen molar-refractivity contribution in [3.63, 3.8) is 0 Å². The lowest BCUT2D eigenvalue weighted by Gasteiger charge is -2.36. The van der Waals surface area contributed by atoms with Crippen LogP contribution in [0.25, 0.3) is 11.3 Å². The third-order valence-electron chi connectivity index (χ3n) is 6.20. The second-order valence-electron chi connectivity index (χ2n) is 9.45. The van der Waals surface area contributed by atoms with Crippen molar-refractivity contribution in [2.45, 2.75) is 59.0 Å². The lowest BCUT2D eigenvalue weighted by atomic mass is 9.72. The number of benzene rings is 1. The number of anilines is 1. The Morgan fingerprint density at radius 1 is 1.13 bits per heavy atom. The van der Waals surface area contributed by atoms with E-state index in [1.54, 1.807) is 6.20 Å². The van der Waals surface area contributed by atoms with Crippen LogP contribution in [0.3, 0.4) is 0 Å². The van der Waals surface area contributed by atoms with Crippen LogP contribution in [-0.4, -0.2) is 35.8 Å². The van der Waals surface area contributed by atoms with E-state index in [9.17, 15) is 4.79 Å². The van der Waals surface area contributed by atoms with Crippen molar-refractivity contribution in [2.75, 3.05) is 18.5 Å². The third kappa shape index (κ3) is 5.97. The van der Waals surface area contributed by atoms with E-state index < -0.39 is 5.97 Å². The molecule has 0 unspecified atom stereocenters. The number of ether oxygens (including phenoxy) is 1. The van der Waals surface area contributed by atoms with Crippen LogP contribution < -0.4 is 9.64 Å². The van der Waals surface area contributed by atoms with Crippen LogP contribution in [0.15, 0.2) is 42.6 Å². The van der Waals surface area contributed by atoms with Crippen LogP contribution in [0.2, 0.25) is 0 Å². The van der Waals surface area contributed by atoms with Gasteiger partial charge in [0, 0.05) is 31.0 Å². The van der Waals surface area contributed by atoms with Gasteiger partial charge in [0.15, 0.2) is 0 Å². The normalized spacial score (nSPS) is 19.3. The molecule has 2 aromatic rings. The molecule has 1 aromatic carbocycles. The van der Waals surface area contributed by atoms with Crippen molar-refractivity contribution in [1.29, 1.82) is 0 Å². The number of aromatic nitrogens is 1. The third-order valence-corrected chi connectivity index (χ3v) is 6.20. The Bertz CT molecular complexity index is 834. The Hall–Kier alpha value is -2.56. The van der Waals surface area contributed by atoms with Crippen molar-refractivity contribution < 1.29 is 14.6 Å². The Balaban J connectivity index is 1.60. The van der Waals surface area contributed by atoms with Crippen LogP contribution in [0, 0.1) is 11.3 Å². The molecule has 0 radical (unpaired) electrons. The molecule has 0 bridgehead atoms. The number of nitrogens with zero attached hydrogens (tertiary/aromatic N) is 2. The van der Waals surface area contributed by atoms with Crippen molar-refractivity contribution in [3.05, 3.63) is 42.6 Å². The highest BCUT2D eigenvalue weighted by Crippen LogP contribution is 2.38. The van der Waals surface area contributed by atoms with Crippen molar-refractivity contribution in [3.8, 4) is 17.0 Å². The van der Waals surface area contributed by atoms with Gasteiger partial charge in [0.05, 0.1) is 18.2 Å². The standard InChI is InChI=1S/C25H34N2O3/c1-25(2,3)19-7-11-22(12-8-19)30-21-9-5-18(6-10-21)23-17-20(13-15-26-23)27(4)16-14-24(28)29/h5-6,9-10,13,15,17,19,22H,7-8,11-12,14,16H2,1-4H3,(H,28,29)/t19-,22-. The van der Waals surface area contributed by atoms with Gasteiger partial charge in [0.1, 0.15) is 5.75 Å². The maximum atomic E-state index is 10.8. The minimum atomic E-state index is -0.793. The summed E-state index contributed by atoms with van der Waals surface area (Å²) in [7, 11) is 1.90. The SMILES string of the molecule is CN(CCC(=O)O)c1ccnc(-c2ccc(O[C@H]3CC[C@H](C(C)(C)C)CC3)cc2)c1. The summed E-state index contributed by atoms with van der Waals surface area (Å²) in [6.45, 7) is 7.47. The summed E-state index contributed by atoms with van der Waals surface area (Å²) in [4.78, 5) is 17.2. The molecule has 1 aliphatic rings. The van der Waals surface area contributed by atoms with Gasteiger partial charge in [0.25, 0.3) is 0 Å². The summed E-state index contributed by atoms with van der Waals surface area (Å²) in [5, 5.41) is 8.88. The number of aliphatic carboxylic acids is 1. The molecule has 1 fully saturated rings. The molecule has 0 amide bonds. The number of carboxylic acids is 1. The first-order chi connectivity index (χ1) is 14.2. The minimum Gasteiger partial charge on any atom is -0.490 e. The number of carboxylic acid groups (broad SMARTS) is 1. The quantitative estimate of drug-likeness (QED) is 0.640. The maximum Gasteiger partial charge on any atom is 0.305 e. The van der Waals surface area contributed by atoms with Crippen molar-refractivity contribution >= 4 is 11.7 Å². The number of hydrogen-bond donors (Lipinski definition) is 1. The van der Waals surface area contributed by atoms with E-state index in [0.717, 1.165) is 41.5 Å². The van der Waals surface area contributed by atoms with Gasteiger partial charge < -0.3 is 14.7 Å². The van der Waals surface area contributed by atoms with Gasteiger partial charge in [-0.3, -0.25) is 9.78 Å². The van der Waals surface area contributed by atoms with E-state index in [0.29, 0.717) is 18.1 Å². The number of carbonyl (C=O) groups is 1. The molecule has 162 valence electrons. The van der Waals surface area contributed by atoms with Gasteiger partial charge in [-0.15, -0.1) is 0 Å². The summed E-state index contributed by atoms with van der Waals surface area (Å²) in [5.74, 6) is 0.901. The minimum absolute atomic E-state index is 0.109. The predicted octanol–water partition coefficient (Wildman–Crippen LogP) is 5.64. The molecule has 1 heterocycles. The molecule has 5 heteroatoms. The molecular formula is C25H34N2O3. The lowest BCUT2D eigenvalue weighted by Crippen LogP contribution is -2.30. The molecule has 0 spiro atoms. The Kier molecular flexibility index (Phi) is 7.01. The molecule has 3 rings (SSSR count). The van der Waals surface area contributed by atoms with E-state index >= 15 is 0 Å². The largest absolute Gasteiger partial charge is 0.490 e. The fraction of sp³-hybridized carbons (Fsp3) is 0.520. The monoisotopic (exact) mass is 410 g/mol. The summed E-state index contributed by atoms with van der Waals surface area (Å²) < 4.78 is 6.24. The predicted molar refractivity (Wildman–Crippen MR) is 121 cm³/mol. The Morgan fingerprint density at radius 3 is 2.40 bits per heavy atom. The first kappa shape index (κ1) is 22.1. The number of pyridine rings is 1. The van der Waals surface area contributed by atoms with Crippen LogP contribution in [0.4, 0.5) is 5.69 Å². The fourth-order valence-corrected chi connectivity index (χ4v) is 4.15. The average Bonchev–Trinajstić information content (AvgIpc) is 2.72. The first-order valence-electron chi connectivity index (χ1n) is 10.9. The van der Waals surface area contributed by atoms with Gasteiger partial charge in [-0.2, -0.15) is 0 Å². The van der Waals surface area contributed by atoms with Crippen LogP contribution >= 0.6 is 0 Å². The average molecular weight is 411 g/mol. The molecule has 1 saturated carbocycles. The summed E-state index contributed by atoms with van der Waals surface area (Å²) >= 11 is 0. The highest BCUT2D eigenvalue weighted by atomic mass is 16.5. The first-order valence-corrected chi connectivity index (χ1v) is 10.9. The molecule has 0 aliphatic heterocycles.